The Labute approximate surface area is 497 Å². The van der Waals surface area contributed by atoms with Crippen LogP contribution in [-0.4, -0.2) is 37.2 Å². The van der Waals surface area contributed by atoms with Crippen molar-refractivity contribution >= 4 is 17.9 Å². The molecule has 0 aliphatic carbocycles. The number of hydrogen-bond acceptors (Lipinski definition) is 6. The van der Waals surface area contributed by atoms with Crippen LogP contribution in [-0.2, 0) is 28.6 Å². The molecular weight excluding hydrogens is 997 g/mol. The highest BCUT2D eigenvalue weighted by molar-refractivity contribution is 5.71. The van der Waals surface area contributed by atoms with Crippen LogP contribution < -0.4 is 0 Å². The van der Waals surface area contributed by atoms with Gasteiger partial charge in [0.05, 0.1) is 0 Å². The molecule has 81 heavy (non-hydrogen) atoms. The highest BCUT2D eigenvalue weighted by Gasteiger charge is 2.19. The average Bonchev–Trinajstić information content (AvgIpc) is 3.47. The number of carbonyl (C=O) groups is 3. The molecule has 0 radical (unpaired) electrons. The minimum Gasteiger partial charge on any atom is -0.462 e. The lowest BCUT2D eigenvalue weighted by molar-refractivity contribution is -0.167. The SMILES string of the molecule is CC/C=C\C/C=C\C/C=C\C/C=C\C/C=C\C/C=C\CCCCCCCCC(=O)OCC(COC(=O)CCC/C=C\C/C=C\C/C=C\C/C=C\C/C=C\CC)OC(=O)CCCCCCC/C=C\C/C=C\C/C=C\C/C=C\C/C=C\CC. The molecule has 0 amide bonds. The van der Waals surface area contributed by atoms with Crippen LogP contribution in [0, 0.1) is 0 Å². The lowest BCUT2D eigenvalue weighted by atomic mass is 10.1. The molecule has 450 valence electrons. The van der Waals surface area contributed by atoms with Crippen molar-refractivity contribution in [1.29, 1.82) is 0 Å². The number of unbranched alkanes of at least 4 members (excludes halogenated alkanes) is 12. The summed E-state index contributed by atoms with van der Waals surface area (Å²) in [5.41, 5.74) is 0. The maximum absolute atomic E-state index is 12.9. The molecule has 0 aromatic heterocycles. The third-order valence-electron chi connectivity index (χ3n) is 12.6. The molecule has 0 spiro atoms. The summed E-state index contributed by atoms with van der Waals surface area (Å²) in [6.45, 7) is 6.21. The predicted molar refractivity (Wildman–Crippen MR) is 352 cm³/mol. The maximum Gasteiger partial charge on any atom is 0.306 e. The Morgan fingerprint density at radius 1 is 0.247 bits per heavy atom. The molecule has 0 bridgehead atoms. The minimum atomic E-state index is -0.832. The number of rotatable bonds is 55. The first kappa shape index (κ1) is 75.2. The standard InChI is InChI=1S/C75H114O6/c1-4-7-10-13-16-19-22-25-28-31-33-35-36-37-38-40-41-44-47-50-53-56-59-62-65-68-74(77)80-71-72(70-79-73(76)67-64-61-58-55-52-49-46-43-30-27-24-21-18-15-12-9-6-3)81-75(78)69-66-63-60-57-54-51-48-45-42-39-34-32-29-26-23-20-17-14-11-8-5-2/h7-12,16-21,25-30,33-35,37-39,41,44-46,48-49,55,58,72H,4-6,13-15,22-24,31-32,36,40,42-43,47,50-54,56-57,59-71H2,1-3H3/b10-7-,11-8-,12-9-,19-16-,20-17-,21-18-,28-25-,29-26-,30-27-,35-33-,38-37-,39-34-,44-41-,48-45-,49-46-,58-55-. The Bertz CT molecular complexity index is 1950. The summed E-state index contributed by atoms with van der Waals surface area (Å²) < 4.78 is 16.9. The lowest BCUT2D eigenvalue weighted by Gasteiger charge is -2.18. The number of ether oxygens (including phenoxy) is 3. The molecule has 0 aromatic carbocycles. The van der Waals surface area contributed by atoms with Gasteiger partial charge in [-0.05, 0) is 154 Å². The molecule has 0 aliphatic rings. The van der Waals surface area contributed by atoms with Crippen molar-refractivity contribution in [2.75, 3.05) is 13.2 Å². The van der Waals surface area contributed by atoms with Gasteiger partial charge in [0.1, 0.15) is 13.2 Å². The van der Waals surface area contributed by atoms with E-state index in [-0.39, 0.29) is 44.0 Å². The molecule has 0 heterocycles. The van der Waals surface area contributed by atoms with Gasteiger partial charge in [0, 0.05) is 19.3 Å². The van der Waals surface area contributed by atoms with Crippen LogP contribution in [0.5, 0.6) is 0 Å². The van der Waals surface area contributed by atoms with Gasteiger partial charge in [0.2, 0.25) is 0 Å². The number of esters is 3. The van der Waals surface area contributed by atoms with Gasteiger partial charge in [-0.25, -0.2) is 0 Å². The Morgan fingerprint density at radius 3 is 0.741 bits per heavy atom. The van der Waals surface area contributed by atoms with Crippen LogP contribution in [0.1, 0.15) is 239 Å². The van der Waals surface area contributed by atoms with E-state index < -0.39 is 6.10 Å². The molecule has 1 unspecified atom stereocenters. The molecule has 6 nitrogen and oxygen atoms in total. The normalized spacial score (nSPS) is 13.5. The second-order valence-corrected chi connectivity index (χ2v) is 20.2. The van der Waals surface area contributed by atoms with Crippen molar-refractivity contribution in [3.8, 4) is 0 Å². The number of carbonyl (C=O) groups excluding carboxylic acids is 3. The number of hydrogen-bond donors (Lipinski definition) is 0. The summed E-state index contributed by atoms with van der Waals surface area (Å²) in [5, 5.41) is 0. The zero-order valence-corrected chi connectivity index (χ0v) is 51.5. The van der Waals surface area contributed by atoms with Gasteiger partial charge in [-0.3, -0.25) is 14.4 Å². The van der Waals surface area contributed by atoms with E-state index in [0.29, 0.717) is 12.8 Å². The highest BCUT2D eigenvalue weighted by Crippen LogP contribution is 2.13. The second-order valence-electron chi connectivity index (χ2n) is 20.2. The van der Waals surface area contributed by atoms with E-state index in [4.69, 9.17) is 14.2 Å². The van der Waals surface area contributed by atoms with Crippen molar-refractivity contribution in [2.24, 2.45) is 0 Å². The van der Waals surface area contributed by atoms with E-state index in [1.54, 1.807) is 0 Å². The van der Waals surface area contributed by atoms with Crippen molar-refractivity contribution < 1.29 is 28.6 Å². The average molecular weight is 1110 g/mol. The van der Waals surface area contributed by atoms with Crippen molar-refractivity contribution in [2.45, 2.75) is 245 Å². The van der Waals surface area contributed by atoms with Gasteiger partial charge in [-0.2, -0.15) is 0 Å². The Balaban J connectivity index is 4.56. The van der Waals surface area contributed by atoms with Crippen LogP contribution >= 0.6 is 0 Å². The van der Waals surface area contributed by atoms with Gasteiger partial charge < -0.3 is 14.2 Å². The fraction of sp³-hybridized carbons (Fsp3) is 0.533. The smallest absolute Gasteiger partial charge is 0.306 e. The van der Waals surface area contributed by atoms with Crippen LogP contribution in [0.15, 0.2) is 194 Å². The molecule has 0 N–H and O–H groups in total. The quantitative estimate of drug-likeness (QED) is 0.0261. The molecule has 0 aliphatic heterocycles. The van der Waals surface area contributed by atoms with Gasteiger partial charge >= 0.3 is 17.9 Å². The largest absolute Gasteiger partial charge is 0.462 e. The fourth-order valence-electron chi connectivity index (χ4n) is 7.92. The minimum absolute atomic E-state index is 0.123. The summed E-state index contributed by atoms with van der Waals surface area (Å²) in [7, 11) is 0. The Kier molecular flexibility index (Phi) is 62.0. The van der Waals surface area contributed by atoms with Gasteiger partial charge in [0.15, 0.2) is 6.10 Å². The van der Waals surface area contributed by atoms with Gasteiger partial charge in [-0.1, -0.05) is 260 Å². The first-order chi connectivity index (χ1) is 40.0. The molecular formula is C75H114O6. The van der Waals surface area contributed by atoms with Crippen LogP contribution in [0.2, 0.25) is 0 Å². The first-order valence-electron chi connectivity index (χ1n) is 31.9. The topological polar surface area (TPSA) is 78.9 Å². The van der Waals surface area contributed by atoms with Crippen LogP contribution in [0.4, 0.5) is 0 Å². The van der Waals surface area contributed by atoms with E-state index in [9.17, 15) is 14.4 Å². The molecule has 0 aromatic rings. The van der Waals surface area contributed by atoms with E-state index in [1.807, 2.05) is 0 Å². The Hall–Kier alpha value is -5.75. The molecule has 0 saturated heterocycles. The third kappa shape index (κ3) is 64.9. The summed E-state index contributed by atoms with van der Waals surface area (Å²) in [4.78, 5) is 38.4. The maximum atomic E-state index is 12.9. The monoisotopic (exact) mass is 1110 g/mol. The van der Waals surface area contributed by atoms with E-state index in [0.717, 1.165) is 180 Å². The first-order valence-corrected chi connectivity index (χ1v) is 31.9. The molecule has 0 saturated carbocycles. The Morgan fingerprint density at radius 2 is 0.457 bits per heavy atom. The summed E-state index contributed by atoms with van der Waals surface area (Å²) in [6.07, 6.45) is 101. The van der Waals surface area contributed by atoms with Crippen LogP contribution in [0.3, 0.4) is 0 Å². The van der Waals surface area contributed by atoms with E-state index in [2.05, 4.69) is 215 Å². The zero-order chi connectivity index (χ0) is 58.5. The van der Waals surface area contributed by atoms with E-state index >= 15 is 0 Å². The fourth-order valence-corrected chi connectivity index (χ4v) is 7.92. The summed E-state index contributed by atoms with van der Waals surface area (Å²) in [5.74, 6) is -1.02. The van der Waals surface area contributed by atoms with Gasteiger partial charge in [0.25, 0.3) is 0 Å². The zero-order valence-electron chi connectivity index (χ0n) is 51.5. The van der Waals surface area contributed by atoms with Crippen molar-refractivity contribution in [1.82, 2.24) is 0 Å². The van der Waals surface area contributed by atoms with Crippen molar-refractivity contribution in [3.63, 3.8) is 0 Å². The molecule has 6 heteroatoms. The molecule has 0 rings (SSSR count). The van der Waals surface area contributed by atoms with Crippen molar-refractivity contribution in [3.05, 3.63) is 194 Å². The second kappa shape index (κ2) is 66.8. The number of allylic oxidation sites excluding steroid dienone is 32. The van der Waals surface area contributed by atoms with E-state index in [1.165, 1.54) is 12.8 Å². The highest BCUT2D eigenvalue weighted by atomic mass is 16.6. The summed E-state index contributed by atoms with van der Waals surface area (Å²) >= 11 is 0. The molecule has 0 fully saturated rings. The lowest BCUT2D eigenvalue weighted by Crippen LogP contribution is -2.30. The van der Waals surface area contributed by atoms with Crippen LogP contribution in [0.25, 0.3) is 0 Å². The molecule has 1 atom stereocenters. The predicted octanol–water partition coefficient (Wildman–Crippen LogP) is 22.2. The van der Waals surface area contributed by atoms with Gasteiger partial charge in [-0.15, -0.1) is 0 Å². The third-order valence-corrected chi connectivity index (χ3v) is 12.6. The summed E-state index contributed by atoms with van der Waals surface area (Å²) in [6, 6.07) is 0.